The predicted molar refractivity (Wildman–Crippen MR) is 40.3 cm³/mol. The van der Waals surface area contributed by atoms with E-state index in [1.54, 1.807) is 6.08 Å². The van der Waals surface area contributed by atoms with Crippen LogP contribution in [-0.4, -0.2) is 11.7 Å². The van der Waals surface area contributed by atoms with Crippen molar-refractivity contribution in [3.05, 3.63) is 23.4 Å². The minimum atomic E-state index is -0.284. The summed E-state index contributed by atoms with van der Waals surface area (Å²) in [4.78, 5) is 21.7. The molecule has 4 nitrogen and oxygen atoms in total. The maximum absolute atomic E-state index is 10.9. The predicted octanol–water partition coefficient (Wildman–Crippen LogP) is 1.15. The van der Waals surface area contributed by atoms with Gasteiger partial charge in [-0.05, 0) is 17.7 Å². The lowest BCUT2D eigenvalue weighted by atomic mass is 9.99. The van der Waals surface area contributed by atoms with E-state index in [-0.39, 0.29) is 18.1 Å². The van der Waals surface area contributed by atoms with Crippen LogP contribution in [0.25, 0.3) is 0 Å². The molecule has 0 radical (unpaired) electrons. The molecule has 0 saturated heterocycles. The van der Waals surface area contributed by atoms with Gasteiger partial charge in [0.1, 0.15) is 0 Å². The number of fused-ring (bicyclic) bond motifs is 1. The van der Waals surface area contributed by atoms with Gasteiger partial charge in [0.25, 0.3) is 5.91 Å². The van der Waals surface area contributed by atoms with Crippen molar-refractivity contribution < 1.29 is 9.59 Å². The number of nitrogens with zero attached hydrogens (tertiary/aromatic N) is 2. The second kappa shape index (κ2) is 2.48. The topological polar surface area (TPSA) is 58.9 Å². The molecule has 0 fully saturated rings. The van der Waals surface area contributed by atoms with Gasteiger partial charge >= 0.3 is 0 Å². The van der Waals surface area contributed by atoms with E-state index in [0.717, 1.165) is 0 Å². The van der Waals surface area contributed by atoms with Crippen LogP contribution in [0.1, 0.15) is 12.8 Å². The van der Waals surface area contributed by atoms with Gasteiger partial charge in [0, 0.05) is 6.42 Å². The molecule has 0 atom stereocenters. The van der Waals surface area contributed by atoms with E-state index in [2.05, 4.69) is 10.2 Å². The van der Waals surface area contributed by atoms with E-state index in [0.29, 0.717) is 17.7 Å². The third-order valence-corrected chi connectivity index (χ3v) is 1.77. The Hall–Kier alpha value is -1.58. The molecular formula is C8H6N2O2. The quantitative estimate of drug-likeness (QED) is 0.536. The highest BCUT2D eigenvalue weighted by molar-refractivity contribution is 5.95. The molecule has 12 heavy (non-hydrogen) atoms. The first-order valence-electron chi connectivity index (χ1n) is 3.64. The smallest absolute Gasteiger partial charge is 0.269 e. The summed E-state index contributed by atoms with van der Waals surface area (Å²) < 4.78 is 0. The summed E-state index contributed by atoms with van der Waals surface area (Å²) in [5.41, 5.74) is 1.38. The van der Waals surface area contributed by atoms with E-state index in [9.17, 15) is 9.59 Å². The molecule has 0 aromatic rings. The maximum Gasteiger partial charge on any atom is 0.269 e. The Bertz CT molecular complexity index is 350. The Kier molecular flexibility index (Phi) is 1.46. The Labute approximate surface area is 68.7 Å². The Morgan fingerprint density at radius 1 is 1.25 bits per heavy atom. The summed E-state index contributed by atoms with van der Waals surface area (Å²) in [6, 6.07) is 0. The lowest BCUT2D eigenvalue weighted by Gasteiger charge is -2.12. The van der Waals surface area contributed by atoms with E-state index >= 15 is 0 Å². The van der Waals surface area contributed by atoms with Gasteiger partial charge in [-0.15, -0.1) is 10.2 Å². The summed E-state index contributed by atoms with van der Waals surface area (Å²) >= 11 is 0. The molecule has 2 rings (SSSR count). The molecule has 1 aliphatic heterocycles. The number of hydrogen-bond acceptors (Lipinski definition) is 3. The fourth-order valence-electron chi connectivity index (χ4n) is 1.21. The lowest BCUT2D eigenvalue weighted by Crippen LogP contribution is -2.09. The molecule has 60 valence electrons. The Morgan fingerprint density at radius 3 is 2.92 bits per heavy atom. The molecule has 4 heteroatoms. The third kappa shape index (κ3) is 1.11. The standard InChI is InChI=1S/C8H6N2O2/c11-6-1-2-7-5(3-6)4-8(12)10-9-7/h2-3H,1,4H2. The van der Waals surface area contributed by atoms with Crippen molar-refractivity contribution in [1.29, 1.82) is 0 Å². The highest BCUT2D eigenvalue weighted by Gasteiger charge is 2.19. The molecule has 1 heterocycles. The molecule has 0 aromatic carbocycles. The van der Waals surface area contributed by atoms with E-state index in [1.165, 1.54) is 6.08 Å². The van der Waals surface area contributed by atoms with Crippen LogP contribution < -0.4 is 0 Å². The Morgan fingerprint density at radius 2 is 2.08 bits per heavy atom. The van der Waals surface area contributed by atoms with Crippen molar-refractivity contribution in [1.82, 2.24) is 0 Å². The van der Waals surface area contributed by atoms with E-state index in [1.807, 2.05) is 0 Å². The minimum absolute atomic E-state index is 0.0265. The monoisotopic (exact) mass is 162 g/mol. The zero-order chi connectivity index (χ0) is 8.55. The number of carbonyl (C=O) groups is 2. The molecule has 0 saturated carbocycles. The number of amides is 1. The molecule has 0 spiro atoms. The molecule has 0 unspecified atom stereocenters. The first-order valence-corrected chi connectivity index (χ1v) is 3.64. The van der Waals surface area contributed by atoms with Crippen molar-refractivity contribution in [2.45, 2.75) is 12.8 Å². The average molecular weight is 162 g/mol. The van der Waals surface area contributed by atoms with Gasteiger partial charge in [-0.3, -0.25) is 9.59 Å². The third-order valence-electron chi connectivity index (χ3n) is 1.77. The summed E-state index contributed by atoms with van der Waals surface area (Å²) in [5, 5.41) is 7.09. The van der Waals surface area contributed by atoms with Gasteiger partial charge in [-0.1, -0.05) is 0 Å². The number of carbonyl (C=O) groups excluding carboxylic acids is 2. The summed E-state index contributed by atoms with van der Waals surface area (Å²) in [6.07, 6.45) is 3.76. The van der Waals surface area contributed by atoms with Crippen LogP contribution in [0, 0.1) is 0 Å². The first kappa shape index (κ1) is 7.09. The van der Waals surface area contributed by atoms with Crippen molar-refractivity contribution in [2.75, 3.05) is 0 Å². The molecular weight excluding hydrogens is 156 g/mol. The second-order valence-electron chi connectivity index (χ2n) is 2.70. The normalized spacial score (nSPS) is 21.7. The molecule has 0 aromatic heterocycles. The van der Waals surface area contributed by atoms with Gasteiger partial charge in [0.05, 0.1) is 12.1 Å². The molecule has 0 bridgehead atoms. The first-order chi connectivity index (χ1) is 5.75. The number of rotatable bonds is 0. The van der Waals surface area contributed by atoms with Crippen LogP contribution in [0.3, 0.4) is 0 Å². The number of allylic oxidation sites excluding steroid dienone is 3. The van der Waals surface area contributed by atoms with Gasteiger partial charge in [0.15, 0.2) is 5.78 Å². The highest BCUT2D eigenvalue weighted by atomic mass is 16.1. The number of azo groups is 1. The molecule has 1 amide bonds. The second-order valence-corrected chi connectivity index (χ2v) is 2.70. The minimum Gasteiger partial charge on any atom is -0.294 e. The van der Waals surface area contributed by atoms with Crippen LogP contribution in [-0.2, 0) is 9.59 Å². The van der Waals surface area contributed by atoms with Crippen LogP contribution in [0.15, 0.2) is 33.7 Å². The van der Waals surface area contributed by atoms with Crippen LogP contribution in [0.2, 0.25) is 0 Å². The van der Waals surface area contributed by atoms with Crippen molar-refractivity contribution in [3.8, 4) is 0 Å². The summed E-state index contributed by atoms with van der Waals surface area (Å²) in [5.74, 6) is -0.258. The van der Waals surface area contributed by atoms with Crippen molar-refractivity contribution in [3.63, 3.8) is 0 Å². The average Bonchev–Trinajstić information content (AvgIpc) is 2.03. The van der Waals surface area contributed by atoms with Crippen LogP contribution in [0.4, 0.5) is 0 Å². The van der Waals surface area contributed by atoms with Gasteiger partial charge in [-0.25, -0.2) is 0 Å². The zero-order valence-corrected chi connectivity index (χ0v) is 6.28. The van der Waals surface area contributed by atoms with Gasteiger partial charge in [0.2, 0.25) is 0 Å². The van der Waals surface area contributed by atoms with Crippen LogP contribution in [0.5, 0.6) is 0 Å². The van der Waals surface area contributed by atoms with E-state index < -0.39 is 0 Å². The lowest BCUT2D eigenvalue weighted by molar-refractivity contribution is -0.117. The largest absolute Gasteiger partial charge is 0.294 e. The molecule has 0 N–H and O–H groups in total. The molecule has 1 aliphatic carbocycles. The maximum atomic E-state index is 10.9. The number of ketones is 1. The van der Waals surface area contributed by atoms with Crippen LogP contribution >= 0.6 is 0 Å². The van der Waals surface area contributed by atoms with Crippen molar-refractivity contribution >= 4 is 11.7 Å². The van der Waals surface area contributed by atoms with Crippen molar-refractivity contribution in [2.24, 2.45) is 10.2 Å². The summed E-state index contributed by atoms with van der Waals surface area (Å²) in [6.45, 7) is 0. The summed E-state index contributed by atoms with van der Waals surface area (Å²) in [7, 11) is 0. The van der Waals surface area contributed by atoms with Gasteiger partial charge in [-0.2, -0.15) is 0 Å². The zero-order valence-electron chi connectivity index (χ0n) is 6.28. The molecule has 2 aliphatic rings. The Balaban J connectivity index is 2.41. The van der Waals surface area contributed by atoms with E-state index in [4.69, 9.17) is 0 Å². The fraction of sp³-hybridized carbons (Fsp3) is 0.250. The SMILES string of the molecule is O=C1C=C2CC(=O)N=NC2=CC1. The fourth-order valence-corrected chi connectivity index (χ4v) is 1.21. The number of hydrogen-bond donors (Lipinski definition) is 0. The van der Waals surface area contributed by atoms with Gasteiger partial charge < -0.3 is 0 Å². The highest BCUT2D eigenvalue weighted by Crippen LogP contribution is 2.25.